The van der Waals surface area contributed by atoms with Gasteiger partial charge in [-0.05, 0) is 30.9 Å². The molecule has 2 aromatic rings. The van der Waals surface area contributed by atoms with Gasteiger partial charge in [0.25, 0.3) is 0 Å². The third kappa shape index (κ3) is 6.23. The number of carbonyl (C=O) groups is 2. The van der Waals surface area contributed by atoms with Gasteiger partial charge < -0.3 is 19.4 Å². The van der Waals surface area contributed by atoms with Gasteiger partial charge in [-0.2, -0.15) is 0 Å². The molecule has 2 aromatic heterocycles. The summed E-state index contributed by atoms with van der Waals surface area (Å²) >= 11 is 1.24. The lowest BCUT2D eigenvalue weighted by Gasteiger charge is -2.31. The molecular weight excluding hydrogens is 408 g/mol. The van der Waals surface area contributed by atoms with Gasteiger partial charge in [-0.1, -0.05) is 18.7 Å². The number of amides is 3. The molecule has 0 spiro atoms. The molecule has 0 atom stereocenters. The molecule has 10 nitrogen and oxygen atoms in total. The predicted molar refractivity (Wildman–Crippen MR) is 113 cm³/mol. The highest BCUT2D eigenvalue weighted by molar-refractivity contribution is 7.99. The number of anilines is 1. The van der Waals surface area contributed by atoms with Crippen LogP contribution in [0.25, 0.3) is 0 Å². The van der Waals surface area contributed by atoms with E-state index in [0.717, 1.165) is 37.6 Å². The molecule has 3 heterocycles. The lowest BCUT2D eigenvalue weighted by molar-refractivity contribution is -0.117. The Morgan fingerprint density at radius 1 is 1.33 bits per heavy atom. The first-order valence-corrected chi connectivity index (χ1v) is 10.9. The Bertz CT molecular complexity index is 817. The van der Waals surface area contributed by atoms with E-state index in [1.54, 1.807) is 13.4 Å². The number of aromatic nitrogens is 3. The van der Waals surface area contributed by atoms with Crippen LogP contribution in [0, 0.1) is 5.92 Å². The number of piperidine rings is 1. The van der Waals surface area contributed by atoms with Gasteiger partial charge in [0.2, 0.25) is 11.9 Å². The molecule has 1 saturated heterocycles. The van der Waals surface area contributed by atoms with E-state index < -0.39 is 11.9 Å². The van der Waals surface area contributed by atoms with E-state index in [-0.39, 0.29) is 5.75 Å². The SMILES string of the molecule is COCCNC(=O)NC(=O)CSc1nnc(N2CCC(C)CC2)n1Cc1ccco1. The topological polar surface area (TPSA) is 115 Å². The molecule has 30 heavy (non-hydrogen) atoms. The molecule has 164 valence electrons. The van der Waals surface area contributed by atoms with Crippen molar-refractivity contribution in [1.29, 1.82) is 0 Å². The van der Waals surface area contributed by atoms with E-state index in [1.165, 1.54) is 11.8 Å². The Morgan fingerprint density at radius 2 is 2.13 bits per heavy atom. The number of nitrogens with zero attached hydrogens (tertiary/aromatic N) is 4. The molecule has 0 aromatic carbocycles. The van der Waals surface area contributed by atoms with Crippen molar-refractivity contribution in [3.05, 3.63) is 24.2 Å². The van der Waals surface area contributed by atoms with Crippen molar-refractivity contribution in [2.24, 2.45) is 5.92 Å². The fraction of sp³-hybridized carbons (Fsp3) is 0.579. The molecule has 11 heteroatoms. The second-order valence-electron chi connectivity index (χ2n) is 7.20. The van der Waals surface area contributed by atoms with Crippen molar-refractivity contribution in [1.82, 2.24) is 25.4 Å². The number of thioether (sulfide) groups is 1. The number of hydrogen-bond acceptors (Lipinski definition) is 8. The molecule has 1 fully saturated rings. The molecule has 0 saturated carbocycles. The number of nitrogens with one attached hydrogen (secondary N) is 2. The lowest BCUT2D eigenvalue weighted by Crippen LogP contribution is -2.41. The third-order valence-electron chi connectivity index (χ3n) is 4.83. The summed E-state index contributed by atoms with van der Waals surface area (Å²) < 4.78 is 12.3. The van der Waals surface area contributed by atoms with E-state index in [0.29, 0.717) is 30.8 Å². The summed E-state index contributed by atoms with van der Waals surface area (Å²) in [6, 6.07) is 3.19. The van der Waals surface area contributed by atoms with Crippen molar-refractivity contribution < 1.29 is 18.7 Å². The summed E-state index contributed by atoms with van der Waals surface area (Å²) in [5.41, 5.74) is 0. The molecule has 0 unspecified atom stereocenters. The van der Waals surface area contributed by atoms with E-state index in [1.807, 2.05) is 16.7 Å². The lowest BCUT2D eigenvalue weighted by atomic mass is 10.00. The van der Waals surface area contributed by atoms with Gasteiger partial charge in [-0.15, -0.1) is 10.2 Å². The number of ether oxygens (including phenoxy) is 1. The normalized spacial score (nSPS) is 14.7. The first-order chi connectivity index (χ1) is 14.6. The van der Waals surface area contributed by atoms with Crippen molar-refractivity contribution >= 4 is 29.6 Å². The van der Waals surface area contributed by atoms with Crippen LogP contribution in [0.5, 0.6) is 0 Å². The zero-order valence-corrected chi connectivity index (χ0v) is 18.1. The summed E-state index contributed by atoms with van der Waals surface area (Å²) in [6.07, 6.45) is 3.84. The number of rotatable bonds is 9. The smallest absolute Gasteiger partial charge is 0.321 e. The minimum Gasteiger partial charge on any atom is -0.467 e. The maximum absolute atomic E-state index is 12.1. The minimum absolute atomic E-state index is 0.0466. The summed E-state index contributed by atoms with van der Waals surface area (Å²) in [4.78, 5) is 26.0. The van der Waals surface area contributed by atoms with E-state index in [2.05, 4.69) is 32.7 Å². The standard InChI is InChI=1S/C19H28N6O4S/c1-14-5-8-24(9-6-14)18-22-23-19(25(18)12-15-4-3-10-29-15)30-13-16(26)21-17(27)20-7-11-28-2/h3-4,10,14H,5-9,11-13H2,1-2H3,(H2,20,21,26,27). The number of furan rings is 1. The fourth-order valence-corrected chi connectivity index (χ4v) is 3.86. The Kier molecular flexibility index (Phi) is 8.14. The molecule has 0 bridgehead atoms. The van der Waals surface area contributed by atoms with Crippen molar-refractivity contribution in [2.75, 3.05) is 44.0 Å². The number of hydrogen-bond donors (Lipinski definition) is 2. The second kappa shape index (κ2) is 11.0. The van der Waals surface area contributed by atoms with Crippen LogP contribution in [0.2, 0.25) is 0 Å². The molecule has 1 aliphatic heterocycles. The summed E-state index contributed by atoms with van der Waals surface area (Å²) in [7, 11) is 1.54. The van der Waals surface area contributed by atoms with E-state index in [9.17, 15) is 9.59 Å². The van der Waals surface area contributed by atoms with Gasteiger partial charge in [-0.25, -0.2) is 4.79 Å². The highest BCUT2D eigenvalue weighted by atomic mass is 32.2. The quantitative estimate of drug-likeness (QED) is 0.451. The Hall–Kier alpha value is -2.53. The van der Waals surface area contributed by atoms with Crippen molar-refractivity contribution in [3.8, 4) is 0 Å². The average molecular weight is 437 g/mol. The van der Waals surface area contributed by atoms with Crippen LogP contribution in [0.3, 0.4) is 0 Å². The van der Waals surface area contributed by atoms with Gasteiger partial charge in [0.1, 0.15) is 5.76 Å². The monoisotopic (exact) mass is 436 g/mol. The largest absolute Gasteiger partial charge is 0.467 e. The highest BCUT2D eigenvalue weighted by Gasteiger charge is 2.23. The number of urea groups is 1. The first-order valence-electron chi connectivity index (χ1n) is 9.96. The Morgan fingerprint density at radius 3 is 2.83 bits per heavy atom. The summed E-state index contributed by atoms with van der Waals surface area (Å²) in [5, 5.41) is 14.1. The third-order valence-corrected chi connectivity index (χ3v) is 5.80. The van der Waals surface area contributed by atoms with E-state index in [4.69, 9.17) is 9.15 Å². The van der Waals surface area contributed by atoms with Crippen LogP contribution in [-0.2, 0) is 16.1 Å². The van der Waals surface area contributed by atoms with E-state index >= 15 is 0 Å². The molecule has 1 aliphatic rings. The van der Waals surface area contributed by atoms with Crippen LogP contribution >= 0.6 is 11.8 Å². The van der Waals surface area contributed by atoms with Gasteiger partial charge in [0, 0.05) is 26.7 Å². The molecule has 0 radical (unpaired) electrons. The Balaban J connectivity index is 1.63. The predicted octanol–water partition coefficient (Wildman–Crippen LogP) is 1.72. The Labute approximate surface area is 179 Å². The number of carbonyl (C=O) groups excluding carboxylic acids is 2. The van der Waals surface area contributed by atoms with Gasteiger partial charge in [0.15, 0.2) is 5.16 Å². The average Bonchev–Trinajstić information content (AvgIpc) is 3.38. The van der Waals surface area contributed by atoms with Crippen LogP contribution in [0.1, 0.15) is 25.5 Å². The number of methoxy groups -OCH3 is 1. The minimum atomic E-state index is -0.544. The summed E-state index contributed by atoms with van der Waals surface area (Å²) in [5.74, 6) is 1.90. The first kappa shape index (κ1) is 22.2. The van der Waals surface area contributed by atoms with Gasteiger partial charge in [0.05, 0.1) is 25.2 Å². The highest BCUT2D eigenvalue weighted by Crippen LogP contribution is 2.27. The van der Waals surface area contributed by atoms with Gasteiger partial charge in [-0.3, -0.25) is 14.7 Å². The molecular formula is C19H28N6O4S. The molecule has 3 amide bonds. The zero-order chi connectivity index (χ0) is 21.3. The maximum atomic E-state index is 12.1. The number of imide groups is 1. The maximum Gasteiger partial charge on any atom is 0.321 e. The van der Waals surface area contributed by atoms with Crippen molar-refractivity contribution in [2.45, 2.75) is 31.5 Å². The summed E-state index contributed by atoms with van der Waals surface area (Å²) in [6.45, 7) is 5.29. The van der Waals surface area contributed by atoms with Crippen LogP contribution in [0.4, 0.5) is 10.7 Å². The molecule has 3 rings (SSSR count). The zero-order valence-electron chi connectivity index (χ0n) is 17.3. The van der Waals surface area contributed by atoms with Crippen LogP contribution in [0.15, 0.2) is 28.0 Å². The van der Waals surface area contributed by atoms with Crippen LogP contribution in [-0.4, -0.2) is 65.8 Å². The second-order valence-corrected chi connectivity index (χ2v) is 8.15. The van der Waals surface area contributed by atoms with Crippen molar-refractivity contribution in [3.63, 3.8) is 0 Å². The fourth-order valence-electron chi connectivity index (χ4n) is 3.13. The van der Waals surface area contributed by atoms with Crippen LogP contribution < -0.4 is 15.5 Å². The van der Waals surface area contributed by atoms with Gasteiger partial charge >= 0.3 is 6.03 Å². The molecule has 2 N–H and O–H groups in total. The molecule has 0 aliphatic carbocycles.